The van der Waals surface area contributed by atoms with Gasteiger partial charge in [-0.05, 0) is 26.7 Å². The van der Waals surface area contributed by atoms with Crippen LogP contribution in [0.3, 0.4) is 0 Å². The number of H-pyrrole nitrogens is 1. The Balaban J connectivity index is 2.24. The van der Waals surface area contributed by atoms with Crippen molar-refractivity contribution >= 4 is 10.0 Å². The summed E-state index contributed by atoms with van der Waals surface area (Å²) in [6.07, 6.45) is 2.31. The van der Waals surface area contributed by atoms with Crippen molar-refractivity contribution in [2.24, 2.45) is 0 Å². The van der Waals surface area contributed by atoms with E-state index in [2.05, 4.69) is 22.1 Å². The highest BCUT2D eigenvalue weighted by Crippen LogP contribution is 2.24. The molecule has 1 aromatic heterocycles. The van der Waals surface area contributed by atoms with Gasteiger partial charge in [-0.25, -0.2) is 8.42 Å². The average molecular weight is 298 g/mol. The number of aromatic nitrogens is 2. The lowest BCUT2D eigenvalue weighted by Crippen LogP contribution is -2.30. The Bertz CT molecular complexity index is 602. The fourth-order valence-electron chi connectivity index (χ4n) is 2.08. The second kappa shape index (κ2) is 5.67. The van der Waals surface area contributed by atoms with Gasteiger partial charge in [0.15, 0.2) is 0 Å². The maximum Gasteiger partial charge on any atom is 0.246 e. The molecule has 2 N–H and O–H groups in total. The van der Waals surface area contributed by atoms with Gasteiger partial charge in [-0.15, -0.1) is 0 Å². The topological polar surface area (TPSA) is 78.1 Å². The number of rotatable bonds is 7. The van der Waals surface area contributed by atoms with Crippen LogP contribution in [-0.4, -0.2) is 42.6 Å². The Kier molecular flexibility index (Phi) is 4.31. The molecular weight excluding hydrogens is 276 g/mol. The number of aryl methyl sites for hydroxylation is 1. The van der Waals surface area contributed by atoms with E-state index < -0.39 is 10.0 Å². The number of sulfonamides is 1. The number of likely N-dealkylation sites (N-methyl/N-ethyl adjacent to an activating group) is 1. The van der Waals surface area contributed by atoms with Gasteiger partial charge in [0.2, 0.25) is 10.0 Å². The molecule has 0 aliphatic heterocycles. The number of nitrogens with zero attached hydrogens (tertiary/aromatic N) is 2. The maximum atomic E-state index is 12.6. The third-order valence-corrected chi connectivity index (χ3v) is 5.27. The van der Waals surface area contributed by atoms with E-state index in [-0.39, 0.29) is 4.90 Å². The summed E-state index contributed by atoms with van der Waals surface area (Å²) in [6.45, 7) is 8.09. The maximum absolute atomic E-state index is 12.6. The van der Waals surface area contributed by atoms with Gasteiger partial charge in [0.05, 0.1) is 11.4 Å². The van der Waals surface area contributed by atoms with Gasteiger partial charge in [-0.1, -0.05) is 12.2 Å². The fourth-order valence-corrected chi connectivity index (χ4v) is 3.63. The Morgan fingerprint density at radius 3 is 2.75 bits per heavy atom. The highest BCUT2D eigenvalue weighted by atomic mass is 32.2. The molecule has 0 bridgehead atoms. The van der Waals surface area contributed by atoms with Gasteiger partial charge >= 0.3 is 0 Å². The van der Waals surface area contributed by atoms with E-state index in [4.69, 9.17) is 0 Å². The standard InChI is InChI=1S/C13H22N4O2S/c1-9(2)8-17(4)20(18,19)13-10(3)15-16-12(13)7-14-11-5-6-11/h11,14H,1,5-8H2,2-4H3,(H,15,16). The number of nitrogens with one attached hydrogen (secondary N) is 2. The summed E-state index contributed by atoms with van der Waals surface area (Å²) in [5.74, 6) is 0. The van der Waals surface area contributed by atoms with Gasteiger partial charge < -0.3 is 5.32 Å². The molecule has 6 nitrogen and oxygen atoms in total. The normalized spacial score (nSPS) is 15.8. The quantitative estimate of drug-likeness (QED) is 0.741. The lowest BCUT2D eigenvalue weighted by atomic mass is 10.3. The third-order valence-electron chi connectivity index (χ3n) is 3.26. The van der Waals surface area contributed by atoms with Crippen molar-refractivity contribution in [1.82, 2.24) is 19.8 Å². The molecule has 20 heavy (non-hydrogen) atoms. The zero-order chi connectivity index (χ0) is 14.9. The lowest BCUT2D eigenvalue weighted by Gasteiger charge is -2.17. The monoisotopic (exact) mass is 298 g/mol. The number of hydrogen-bond donors (Lipinski definition) is 2. The Morgan fingerprint density at radius 1 is 1.55 bits per heavy atom. The first-order valence-electron chi connectivity index (χ1n) is 6.70. The molecule has 0 atom stereocenters. The van der Waals surface area contributed by atoms with Gasteiger partial charge in [0.1, 0.15) is 4.90 Å². The highest BCUT2D eigenvalue weighted by molar-refractivity contribution is 7.89. The molecule has 112 valence electrons. The van der Waals surface area contributed by atoms with Crippen LogP contribution >= 0.6 is 0 Å². The molecular formula is C13H22N4O2S. The van der Waals surface area contributed by atoms with Gasteiger partial charge in [-0.2, -0.15) is 9.40 Å². The summed E-state index contributed by atoms with van der Waals surface area (Å²) in [5.41, 5.74) is 1.93. The average Bonchev–Trinajstić information content (AvgIpc) is 3.08. The molecule has 7 heteroatoms. The second-order valence-electron chi connectivity index (χ2n) is 5.50. The molecule has 0 aromatic carbocycles. The van der Waals surface area contributed by atoms with Gasteiger partial charge in [0.25, 0.3) is 0 Å². The van der Waals surface area contributed by atoms with Gasteiger partial charge in [0, 0.05) is 26.2 Å². The molecule has 1 fully saturated rings. The van der Waals surface area contributed by atoms with Crippen molar-refractivity contribution < 1.29 is 8.42 Å². The number of aromatic amines is 1. The molecule has 0 amide bonds. The van der Waals surface area contributed by atoms with Crippen molar-refractivity contribution in [2.45, 2.75) is 44.2 Å². The third kappa shape index (κ3) is 3.28. The lowest BCUT2D eigenvalue weighted by molar-refractivity contribution is 0.491. The van der Waals surface area contributed by atoms with E-state index in [9.17, 15) is 8.42 Å². The van der Waals surface area contributed by atoms with E-state index in [1.807, 2.05) is 6.92 Å². The van der Waals surface area contributed by atoms with Crippen LogP contribution in [0.1, 0.15) is 31.2 Å². The van der Waals surface area contributed by atoms with Crippen LogP contribution in [0.4, 0.5) is 0 Å². The summed E-state index contributed by atoms with van der Waals surface area (Å²) >= 11 is 0. The summed E-state index contributed by atoms with van der Waals surface area (Å²) in [6, 6.07) is 0.510. The summed E-state index contributed by atoms with van der Waals surface area (Å²) in [7, 11) is -1.98. The summed E-state index contributed by atoms with van der Waals surface area (Å²) < 4.78 is 26.6. The highest BCUT2D eigenvalue weighted by Gasteiger charge is 2.29. The van der Waals surface area contributed by atoms with Gasteiger partial charge in [-0.3, -0.25) is 5.10 Å². The molecule has 1 saturated carbocycles. The van der Waals surface area contributed by atoms with Crippen LogP contribution in [-0.2, 0) is 16.6 Å². The Hall–Kier alpha value is -1.18. The van der Waals surface area contributed by atoms with Crippen LogP contribution in [0.5, 0.6) is 0 Å². The molecule has 1 aromatic rings. The smallest absolute Gasteiger partial charge is 0.246 e. The zero-order valence-corrected chi connectivity index (χ0v) is 13.0. The molecule has 1 heterocycles. The van der Waals surface area contributed by atoms with Crippen LogP contribution in [0.25, 0.3) is 0 Å². The van der Waals surface area contributed by atoms with Crippen molar-refractivity contribution in [1.29, 1.82) is 0 Å². The minimum absolute atomic E-state index is 0.286. The first kappa shape index (κ1) is 15.2. The van der Waals surface area contributed by atoms with E-state index in [1.54, 1.807) is 14.0 Å². The van der Waals surface area contributed by atoms with E-state index in [0.717, 1.165) is 18.4 Å². The molecule has 0 spiro atoms. The first-order chi connectivity index (χ1) is 9.32. The van der Waals surface area contributed by atoms with Crippen molar-refractivity contribution in [2.75, 3.05) is 13.6 Å². The predicted octanol–water partition coefficient (Wildman–Crippen LogP) is 1.17. The van der Waals surface area contributed by atoms with Crippen LogP contribution in [0.2, 0.25) is 0 Å². The number of hydrogen-bond acceptors (Lipinski definition) is 4. The summed E-state index contributed by atoms with van der Waals surface area (Å²) in [5, 5.41) is 10.2. The molecule has 0 radical (unpaired) electrons. The summed E-state index contributed by atoms with van der Waals surface area (Å²) in [4.78, 5) is 0.286. The van der Waals surface area contributed by atoms with Crippen LogP contribution in [0.15, 0.2) is 17.0 Å². The van der Waals surface area contributed by atoms with E-state index in [1.165, 1.54) is 4.31 Å². The second-order valence-corrected chi connectivity index (χ2v) is 7.48. The molecule has 1 aliphatic carbocycles. The first-order valence-corrected chi connectivity index (χ1v) is 8.14. The van der Waals surface area contributed by atoms with Crippen molar-refractivity contribution in [3.63, 3.8) is 0 Å². The fraction of sp³-hybridized carbons (Fsp3) is 0.615. The molecule has 0 saturated heterocycles. The van der Waals surface area contributed by atoms with Crippen LogP contribution < -0.4 is 5.32 Å². The molecule has 1 aliphatic rings. The minimum Gasteiger partial charge on any atom is -0.308 e. The Morgan fingerprint density at radius 2 is 2.20 bits per heavy atom. The van der Waals surface area contributed by atoms with Crippen molar-refractivity contribution in [3.05, 3.63) is 23.5 Å². The Labute approximate surface area is 120 Å². The molecule has 2 rings (SSSR count). The minimum atomic E-state index is -3.54. The van der Waals surface area contributed by atoms with Crippen molar-refractivity contribution in [3.8, 4) is 0 Å². The van der Waals surface area contributed by atoms with E-state index in [0.29, 0.717) is 30.5 Å². The largest absolute Gasteiger partial charge is 0.308 e. The zero-order valence-electron chi connectivity index (χ0n) is 12.2. The van der Waals surface area contributed by atoms with Crippen LogP contribution in [0, 0.1) is 6.92 Å². The molecule has 0 unspecified atom stereocenters. The predicted molar refractivity (Wildman–Crippen MR) is 77.8 cm³/mol. The SMILES string of the molecule is C=C(C)CN(C)S(=O)(=O)c1c(CNC2CC2)n[nH]c1C. The van der Waals surface area contributed by atoms with E-state index >= 15 is 0 Å².